The first kappa shape index (κ1) is 20.5. The van der Waals surface area contributed by atoms with Crippen molar-refractivity contribution in [2.75, 3.05) is 20.2 Å². The number of hydrogen-bond acceptors (Lipinski definition) is 5. The Bertz CT molecular complexity index is 836. The number of thiazole rings is 1. The summed E-state index contributed by atoms with van der Waals surface area (Å²) in [6.07, 6.45) is 7.38. The van der Waals surface area contributed by atoms with Crippen molar-refractivity contribution < 1.29 is 14.6 Å². The van der Waals surface area contributed by atoms with E-state index >= 15 is 0 Å². The van der Waals surface area contributed by atoms with Crippen LogP contribution in [0.2, 0.25) is 0 Å². The molecule has 27 heavy (non-hydrogen) atoms. The van der Waals surface area contributed by atoms with Crippen molar-refractivity contribution in [2.45, 2.75) is 19.3 Å². The molecule has 1 aromatic carbocycles. The normalized spacial score (nSPS) is 10.9. The number of nitrogens with zero attached hydrogens (tertiary/aromatic N) is 1. The zero-order chi connectivity index (χ0) is 19.6. The second-order valence-electron chi connectivity index (χ2n) is 5.98. The molecule has 2 aromatic rings. The molecule has 1 heterocycles. The number of hydrogen-bond donors (Lipinski definition) is 2. The van der Waals surface area contributed by atoms with E-state index in [1.165, 1.54) is 0 Å². The van der Waals surface area contributed by atoms with Crippen molar-refractivity contribution in [3.63, 3.8) is 0 Å². The van der Waals surface area contributed by atoms with E-state index in [1.54, 1.807) is 18.0 Å². The van der Waals surface area contributed by atoms with Gasteiger partial charge in [0.1, 0.15) is 12.4 Å². The quantitative estimate of drug-likeness (QED) is 0.372. The van der Waals surface area contributed by atoms with Crippen LogP contribution in [0.3, 0.4) is 0 Å². The van der Waals surface area contributed by atoms with Crippen molar-refractivity contribution >= 4 is 17.2 Å². The first-order valence-corrected chi connectivity index (χ1v) is 9.46. The number of nitrogens with one attached hydrogen (secondary N) is 1. The van der Waals surface area contributed by atoms with Crippen LogP contribution in [-0.2, 0) is 11.2 Å². The predicted octanol–water partition coefficient (Wildman–Crippen LogP) is 3.09. The highest BCUT2D eigenvalue weighted by molar-refractivity contribution is 7.09. The maximum atomic E-state index is 11.9. The van der Waals surface area contributed by atoms with Crippen LogP contribution < -0.4 is 9.61 Å². The number of aromatic hydroxyl groups is 1. The molecule has 0 aliphatic rings. The van der Waals surface area contributed by atoms with E-state index in [4.69, 9.17) is 4.74 Å². The van der Waals surface area contributed by atoms with Gasteiger partial charge in [-0.1, -0.05) is 35.6 Å². The van der Waals surface area contributed by atoms with Crippen LogP contribution in [0.1, 0.15) is 23.3 Å². The Hall–Kier alpha value is -2.80. The number of unbranched alkanes of at least 4 members (excludes halogenated alkanes) is 1. The number of aromatic amines is 1. The first-order valence-electron chi connectivity index (χ1n) is 8.65. The number of aromatic nitrogens is 1. The summed E-state index contributed by atoms with van der Waals surface area (Å²) in [5.74, 6) is 0.576. The minimum absolute atomic E-state index is 0.0525. The molecule has 144 valence electrons. The van der Waals surface area contributed by atoms with Gasteiger partial charge in [-0.05, 0) is 36.6 Å². The zero-order valence-electron chi connectivity index (χ0n) is 15.3. The molecule has 1 aromatic heterocycles. The predicted molar refractivity (Wildman–Crippen MR) is 108 cm³/mol. The van der Waals surface area contributed by atoms with E-state index < -0.39 is 0 Å². The topological polar surface area (TPSA) is 82.6 Å². The fourth-order valence-corrected chi connectivity index (χ4v) is 3.05. The summed E-state index contributed by atoms with van der Waals surface area (Å²) in [5, 5.41) is 9.63. The standard InChI is InChI=1S/C20H24N2O4S/c1-3-4-5-6-7-18(23)22(2)12-13-26-16-10-8-15(9-11-16)14-17-19(24)21-20(25)27-17/h3,6-11,24H,1,4-5,12-14H2,2H3,(H,21,25)/b7-6+. The highest BCUT2D eigenvalue weighted by Crippen LogP contribution is 2.21. The molecule has 0 saturated carbocycles. The summed E-state index contributed by atoms with van der Waals surface area (Å²) < 4.78 is 5.67. The molecule has 0 saturated heterocycles. The van der Waals surface area contributed by atoms with Crippen molar-refractivity contribution in [1.29, 1.82) is 0 Å². The Labute approximate surface area is 162 Å². The highest BCUT2D eigenvalue weighted by atomic mass is 32.1. The molecule has 2 N–H and O–H groups in total. The molecule has 0 unspecified atom stereocenters. The smallest absolute Gasteiger partial charge is 0.307 e. The van der Waals surface area contributed by atoms with E-state index in [0.29, 0.717) is 30.2 Å². The molecule has 1 amide bonds. The van der Waals surface area contributed by atoms with Crippen molar-refractivity contribution in [1.82, 2.24) is 9.88 Å². The lowest BCUT2D eigenvalue weighted by Gasteiger charge is -2.15. The van der Waals surface area contributed by atoms with Gasteiger partial charge in [-0.2, -0.15) is 0 Å². The summed E-state index contributed by atoms with van der Waals surface area (Å²) in [4.78, 5) is 27.4. The number of likely N-dealkylation sites (N-methyl/N-ethyl adjacent to an activating group) is 1. The van der Waals surface area contributed by atoms with Gasteiger partial charge in [0.05, 0.1) is 11.4 Å². The average molecular weight is 388 g/mol. The van der Waals surface area contributed by atoms with Crippen LogP contribution in [0.4, 0.5) is 0 Å². The Morgan fingerprint density at radius 2 is 2.07 bits per heavy atom. The molecular formula is C20H24N2O4S. The Morgan fingerprint density at radius 1 is 1.33 bits per heavy atom. The van der Waals surface area contributed by atoms with E-state index in [1.807, 2.05) is 36.4 Å². The van der Waals surface area contributed by atoms with Gasteiger partial charge in [0.2, 0.25) is 11.8 Å². The molecule has 0 spiro atoms. The van der Waals surface area contributed by atoms with E-state index in [9.17, 15) is 14.7 Å². The lowest BCUT2D eigenvalue weighted by molar-refractivity contribution is -0.125. The van der Waals surface area contributed by atoms with Crippen molar-refractivity contribution in [2.24, 2.45) is 0 Å². The van der Waals surface area contributed by atoms with Crippen LogP contribution in [-0.4, -0.2) is 41.1 Å². The number of carbonyl (C=O) groups is 1. The van der Waals surface area contributed by atoms with Gasteiger partial charge in [0, 0.05) is 13.5 Å². The van der Waals surface area contributed by atoms with Crippen LogP contribution in [0.5, 0.6) is 11.6 Å². The largest absolute Gasteiger partial charge is 0.494 e. The number of allylic oxidation sites excluding steroid dienone is 2. The number of H-pyrrole nitrogens is 1. The molecule has 0 radical (unpaired) electrons. The van der Waals surface area contributed by atoms with Gasteiger partial charge >= 0.3 is 4.87 Å². The summed E-state index contributed by atoms with van der Waals surface area (Å²) in [6.45, 7) is 4.52. The molecule has 7 heteroatoms. The summed E-state index contributed by atoms with van der Waals surface area (Å²) in [7, 11) is 1.74. The molecule has 6 nitrogen and oxygen atoms in total. The second-order valence-corrected chi connectivity index (χ2v) is 7.05. The first-order chi connectivity index (χ1) is 13.0. The molecule has 0 bridgehead atoms. The third-order valence-corrected chi connectivity index (χ3v) is 4.73. The van der Waals surface area contributed by atoms with E-state index in [-0.39, 0.29) is 16.7 Å². The Balaban J connectivity index is 1.77. The van der Waals surface area contributed by atoms with Gasteiger partial charge in [0.15, 0.2) is 0 Å². The number of benzene rings is 1. The van der Waals surface area contributed by atoms with Gasteiger partial charge in [-0.3, -0.25) is 14.6 Å². The highest BCUT2D eigenvalue weighted by Gasteiger charge is 2.08. The number of ether oxygens (including phenoxy) is 1. The summed E-state index contributed by atoms with van der Waals surface area (Å²) >= 11 is 1.00. The summed E-state index contributed by atoms with van der Waals surface area (Å²) in [5.41, 5.74) is 0.963. The molecule has 0 atom stereocenters. The fourth-order valence-electron chi connectivity index (χ4n) is 2.30. The number of amides is 1. The maximum absolute atomic E-state index is 11.9. The van der Waals surface area contributed by atoms with Gasteiger partial charge in [-0.15, -0.1) is 6.58 Å². The van der Waals surface area contributed by atoms with Gasteiger partial charge < -0.3 is 14.7 Å². The number of carbonyl (C=O) groups excluding carboxylic acids is 1. The minimum atomic E-state index is -0.267. The third kappa shape index (κ3) is 6.79. The molecule has 2 rings (SSSR count). The van der Waals surface area contributed by atoms with Crippen molar-refractivity contribution in [3.8, 4) is 11.6 Å². The number of rotatable bonds is 10. The molecular weight excluding hydrogens is 364 g/mol. The van der Waals surface area contributed by atoms with Crippen LogP contribution in [0.15, 0.2) is 53.9 Å². The van der Waals surface area contributed by atoms with Gasteiger partial charge in [-0.25, -0.2) is 0 Å². The van der Waals surface area contributed by atoms with Gasteiger partial charge in [0.25, 0.3) is 0 Å². The third-order valence-electron chi connectivity index (χ3n) is 3.86. The lowest BCUT2D eigenvalue weighted by Crippen LogP contribution is -2.29. The zero-order valence-corrected chi connectivity index (χ0v) is 16.1. The van der Waals surface area contributed by atoms with Crippen molar-refractivity contribution in [3.05, 3.63) is 69.2 Å². The molecule has 0 fully saturated rings. The lowest BCUT2D eigenvalue weighted by atomic mass is 10.1. The average Bonchev–Trinajstić information content (AvgIpc) is 2.97. The Morgan fingerprint density at radius 3 is 2.70 bits per heavy atom. The molecule has 0 aliphatic heterocycles. The minimum Gasteiger partial charge on any atom is -0.494 e. The molecule has 0 aliphatic carbocycles. The van der Waals surface area contributed by atoms with Crippen LogP contribution >= 0.6 is 11.3 Å². The second kappa shape index (κ2) is 10.4. The Kier molecular flexibility index (Phi) is 7.88. The maximum Gasteiger partial charge on any atom is 0.307 e. The SMILES string of the molecule is C=CCC/C=C/C(=O)N(C)CCOc1ccc(Cc2sc(=O)[nH]c2O)cc1. The fraction of sp³-hybridized carbons (Fsp3) is 0.300. The summed E-state index contributed by atoms with van der Waals surface area (Å²) in [6, 6.07) is 7.43. The monoisotopic (exact) mass is 388 g/mol. The van der Waals surface area contributed by atoms with Crippen LogP contribution in [0, 0.1) is 0 Å². The van der Waals surface area contributed by atoms with E-state index in [2.05, 4.69) is 11.6 Å². The van der Waals surface area contributed by atoms with Crippen LogP contribution in [0.25, 0.3) is 0 Å². The van der Waals surface area contributed by atoms with E-state index in [0.717, 1.165) is 29.7 Å².